The highest BCUT2D eigenvalue weighted by molar-refractivity contribution is 5.83. The second kappa shape index (κ2) is 7.00. The third kappa shape index (κ3) is 4.33. The molecule has 1 aliphatic rings. The molecule has 2 heteroatoms. The lowest BCUT2D eigenvalue weighted by Crippen LogP contribution is -2.24. The zero-order valence-electron chi connectivity index (χ0n) is 10.1. The van der Waals surface area contributed by atoms with Crippen LogP contribution in [0.1, 0.15) is 58.8 Å². The van der Waals surface area contributed by atoms with Gasteiger partial charge in [-0.1, -0.05) is 39.5 Å². The van der Waals surface area contributed by atoms with E-state index in [0.717, 1.165) is 25.9 Å². The number of carbonyl (C=O) groups excluding carboxylic acids is 1. The van der Waals surface area contributed by atoms with Crippen molar-refractivity contribution in [1.82, 2.24) is 0 Å². The third-order valence-corrected chi connectivity index (χ3v) is 3.23. The summed E-state index contributed by atoms with van der Waals surface area (Å²) in [6, 6.07) is 0. The summed E-state index contributed by atoms with van der Waals surface area (Å²) in [5.41, 5.74) is 0. The lowest BCUT2D eigenvalue weighted by Gasteiger charge is -2.12. The molecule has 1 heterocycles. The highest BCUT2D eigenvalue weighted by Gasteiger charge is 2.29. The highest BCUT2D eigenvalue weighted by Crippen LogP contribution is 2.22. The van der Waals surface area contributed by atoms with E-state index in [1.807, 2.05) is 0 Å². The van der Waals surface area contributed by atoms with Crippen molar-refractivity contribution in [2.45, 2.75) is 64.9 Å². The molecular formula is C13H24O2. The monoisotopic (exact) mass is 212 g/mol. The van der Waals surface area contributed by atoms with Crippen LogP contribution in [0.15, 0.2) is 0 Å². The van der Waals surface area contributed by atoms with E-state index in [1.54, 1.807) is 0 Å². The Morgan fingerprint density at radius 3 is 2.60 bits per heavy atom. The van der Waals surface area contributed by atoms with Gasteiger partial charge in [0.25, 0.3) is 0 Å². The predicted molar refractivity (Wildman–Crippen MR) is 61.9 cm³/mol. The molecule has 0 aromatic rings. The Morgan fingerprint density at radius 1 is 1.27 bits per heavy atom. The molecule has 0 aliphatic carbocycles. The number of hydrogen-bond acceptors (Lipinski definition) is 2. The van der Waals surface area contributed by atoms with E-state index in [-0.39, 0.29) is 6.10 Å². The number of ether oxygens (including phenoxy) is 1. The Balaban J connectivity index is 2.08. The van der Waals surface area contributed by atoms with E-state index in [1.165, 1.54) is 25.7 Å². The summed E-state index contributed by atoms with van der Waals surface area (Å²) in [5, 5.41) is 0. The Hall–Kier alpha value is -0.370. The van der Waals surface area contributed by atoms with Gasteiger partial charge < -0.3 is 4.74 Å². The molecule has 1 aliphatic heterocycles. The van der Waals surface area contributed by atoms with Gasteiger partial charge >= 0.3 is 0 Å². The summed E-state index contributed by atoms with van der Waals surface area (Å²) in [6.07, 6.45) is 7.75. The van der Waals surface area contributed by atoms with Crippen molar-refractivity contribution in [3.63, 3.8) is 0 Å². The second-order valence-electron chi connectivity index (χ2n) is 4.69. The van der Waals surface area contributed by atoms with Crippen molar-refractivity contribution >= 4 is 5.78 Å². The molecule has 0 bridgehead atoms. The van der Waals surface area contributed by atoms with E-state index >= 15 is 0 Å². The van der Waals surface area contributed by atoms with Gasteiger partial charge in [0.1, 0.15) is 6.10 Å². The number of hydrogen-bond donors (Lipinski definition) is 0. The first-order valence-corrected chi connectivity index (χ1v) is 6.40. The SMILES string of the molecule is CCCCCCCC(=O)C1OCCC1C. The Kier molecular flexibility index (Phi) is 5.92. The van der Waals surface area contributed by atoms with Crippen molar-refractivity contribution in [2.75, 3.05) is 6.61 Å². The Bertz CT molecular complexity index is 189. The molecule has 0 N–H and O–H groups in total. The first-order valence-electron chi connectivity index (χ1n) is 6.40. The minimum atomic E-state index is -0.0869. The lowest BCUT2D eigenvalue weighted by atomic mass is 9.97. The molecule has 2 atom stereocenters. The molecule has 0 radical (unpaired) electrons. The fourth-order valence-corrected chi connectivity index (χ4v) is 2.15. The Morgan fingerprint density at radius 2 is 2.00 bits per heavy atom. The van der Waals surface area contributed by atoms with E-state index < -0.39 is 0 Å². The summed E-state index contributed by atoms with van der Waals surface area (Å²) < 4.78 is 5.46. The van der Waals surface area contributed by atoms with Gasteiger partial charge in [-0.25, -0.2) is 0 Å². The molecule has 0 spiro atoms. The van der Waals surface area contributed by atoms with Crippen LogP contribution in [0.4, 0.5) is 0 Å². The maximum Gasteiger partial charge on any atom is 0.161 e. The second-order valence-corrected chi connectivity index (χ2v) is 4.69. The number of ketones is 1. The fraction of sp³-hybridized carbons (Fsp3) is 0.923. The van der Waals surface area contributed by atoms with Crippen molar-refractivity contribution in [3.8, 4) is 0 Å². The van der Waals surface area contributed by atoms with Crippen molar-refractivity contribution in [2.24, 2.45) is 5.92 Å². The third-order valence-electron chi connectivity index (χ3n) is 3.23. The molecule has 2 nitrogen and oxygen atoms in total. The van der Waals surface area contributed by atoms with Gasteiger partial charge in [0.2, 0.25) is 0 Å². The largest absolute Gasteiger partial charge is 0.370 e. The number of Topliss-reactive ketones (excluding diaryl/α,β-unsaturated/α-hetero) is 1. The van der Waals surface area contributed by atoms with Gasteiger partial charge in [0.15, 0.2) is 5.78 Å². The number of carbonyl (C=O) groups is 1. The molecule has 15 heavy (non-hydrogen) atoms. The normalized spacial score (nSPS) is 25.7. The zero-order chi connectivity index (χ0) is 11.1. The maximum atomic E-state index is 11.8. The molecule has 1 fully saturated rings. The van der Waals surface area contributed by atoms with Gasteiger partial charge in [-0.05, 0) is 18.8 Å². The van der Waals surface area contributed by atoms with Crippen LogP contribution in [0.3, 0.4) is 0 Å². The average Bonchev–Trinajstić information content (AvgIpc) is 2.64. The first-order chi connectivity index (χ1) is 7.25. The van der Waals surface area contributed by atoms with Crippen LogP contribution in [0.2, 0.25) is 0 Å². The summed E-state index contributed by atoms with van der Waals surface area (Å²) in [7, 11) is 0. The van der Waals surface area contributed by atoms with Crippen LogP contribution >= 0.6 is 0 Å². The molecular weight excluding hydrogens is 188 g/mol. The topological polar surface area (TPSA) is 26.3 Å². The molecule has 0 saturated carbocycles. The van der Waals surface area contributed by atoms with Crippen LogP contribution in [-0.4, -0.2) is 18.5 Å². The minimum absolute atomic E-state index is 0.0869. The van der Waals surface area contributed by atoms with Crippen LogP contribution in [0.5, 0.6) is 0 Å². The Labute approximate surface area is 93.4 Å². The molecule has 0 aromatic carbocycles. The molecule has 0 aromatic heterocycles. The van der Waals surface area contributed by atoms with E-state index in [2.05, 4.69) is 13.8 Å². The van der Waals surface area contributed by atoms with Crippen LogP contribution < -0.4 is 0 Å². The van der Waals surface area contributed by atoms with Crippen LogP contribution in [0, 0.1) is 5.92 Å². The van der Waals surface area contributed by atoms with Crippen LogP contribution in [0.25, 0.3) is 0 Å². The van der Waals surface area contributed by atoms with Crippen molar-refractivity contribution < 1.29 is 9.53 Å². The smallest absolute Gasteiger partial charge is 0.161 e. The van der Waals surface area contributed by atoms with Crippen molar-refractivity contribution in [1.29, 1.82) is 0 Å². The van der Waals surface area contributed by atoms with E-state index in [9.17, 15) is 4.79 Å². The summed E-state index contributed by atoms with van der Waals surface area (Å²) in [5.74, 6) is 0.768. The molecule has 1 rings (SSSR count). The van der Waals surface area contributed by atoms with Gasteiger partial charge in [-0.2, -0.15) is 0 Å². The summed E-state index contributed by atoms with van der Waals surface area (Å²) in [6.45, 7) is 5.10. The molecule has 88 valence electrons. The summed E-state index contributed by atoms with van der Waals surface area (Å²) >= 11 is 0. The lowest BCUT2D eigenvalue weighted by molar-refractivity contribution is -0.129. The average molecular weight is 212 g/mol. The van der Waals surface area contributed by atoms with E-state index in [0.29, 0.717) is 11.7 Å². The van der Waals surface area contributed by atoms with Gasteiger partial charge in [-0.3, -0.25) is 4.79 Å². The highest BCUT2D eigenvalue weighted by atomic mass is 16.5. The molecule has 2 unspecified atom stereocenters. The molecule has 1 saturated heterocycles. The minimum Gasteiger partial charge on any atom is -0.370 e. The quantitative estimate of drug-likeness (QED) is 0.605. The number of unbranched alkanes of at least 4 members (excludes halogenated alkanes) is 4. The van der Waals surface area contributed by atoms with Crippen LogP contribution in [-0.2, 0) is 9.53 Å². The fourth-order valence-electron chi connectivity index (χ4n) is 2.15. The standard InChI is InChI=1S/C13H24O2/c1-3-4-5-6-7-8-12(14)13-11(2)9-10-15-13/h11,13H,3-10H2,1-2H3. The zero-order valence-corrected chi connectivity index (χ0v) is 10.1. The van der Waals surface area contributed by atoms with Crippen molar-refractivity contribution in [3.05, 3.63) is 0 Å². The molecule has 0 amide bonds. The summed E-state index contributed by atoms with van der Waals surface area (Å²) in [4.78, 5) is 11.8. The predicted octanol–water partition coefficient (Wildman–Crippen LogP) is 3.34. The van der Waals surface area contributed by atoms with E-state index in [4.69, 9.17) is 4.74 Å². The number of rotatable bonds is 7. The van der Waals surface area contributed by atoms with Gasteiger partial charge in [0.05, 0.1) is 0 Å². The first kappa shape index (κ1) is 12.7. The van der Waals surface area contributed by atoms with Gasteiger partial charge in [0, 0.05) is 13.0 Å². The maximum absolute atomic E-state index is 11.8. The van der Waals surface area contributed by atoms with Gasteiger partial charge in [-0.15, -0.1) is 0 Å².